The molecule has 1 aliphatic heterocycles. The Balaban J connectivity index is 1.54. The van der Waals surface area contributed by atoms with E-state index in [1.807, 2.05) is 42.1 Å². The van der Waals surface area contributed by atoms with Crippen LogP contribution in [0.5, 0.6) is 0 Å². The number of aromatic nitrogens is 4. The van der Waals surface area contributed by atoms with Crippen LogP contribution in [0.25, 0.3) is 11.0 Å². The number of hydrogen-bond acceptors (Lipinski definition) is 6. The molecule has 31 heavy (non-hydrogen) atoms. The SMILES string of the molecule is Cc1cccc(C(=O)NCCn2ncc3c(N4CCCCC4)nc(SC(C)C)nc32)c1. The highest BCUT2D eigenvalue weighted by Crippen LogP contribution is 2.30. The standard InChI is InChI=1S/C23H30N6OS/c1-16(2)31-23-26-20(28-11-5-4-6-12-28)19-15-25-29(21(19)27-23)13-10-24-22(30)18-9-7-8-17(3)14-18/h7-9,14-16H,4-6,10-13H2,1-3H3,(H,24,30). The number of hydrogen-bond donors (Lipinski definition) is 1. The molecule has 1 saturated heterocycles. The van der Waals surface area contributed by atoms with Crippen molar-refractivity contribution in [2.45, 2.75) is 57.0 Å². The lowest BCUT2D eigenvalue weighted by Gasteiger charge is -2.28. The van der Waals surface area contributed by atoms with E-state index in [0.29, 0.717) is 23.9 Å². The van der Waals surface area contributed by atoms with Crippen LogP contribution in [0.15, 0.2) is 35.6 Å². The molecule has 3 aromatic rings. The molecule has 1 N–H and O–H groups in total. The van der Waals surface area contributed by atoms with Crippen molar-refractivity contribution in [3.8, 4) is 0 Å². The third-order valence-corrected chi connectivity index (χ3v) is 6.21. The zero-order valence-electron chi connectivity index (χ0n) is 18.5. The van der Waals surface area contributed by atoms with Crippen molar-refractivity contribution in [2.75, 3.05) is 24.5 Å². The molecule has 8 heteroatoms. The summed E-state index contributed by atoms with van der Waals surface area (Å²) in [4.78, 5) is 24.5. The molecule has 0 saturated carbocycles. The van der Waals surface area contributed by atoms with E-state index in [2.05, 4.69) is 29.2 Å². The quantitative estimate of drug-likeness (QED) is 0.443. The van der Waals surface area contributed by atoms with Crippen LogP contribution in [-0.4, -0.2) is 50.5 Å². The lowest BCUT2D eigenvalue weighted by Crippen LogP contribution is -2.30. The van der Waals surface area contributed by atoms with Gasteiger partial charge in [-0.3, -0.25) is 4.79 Å². The fourth-order valence-corrected chi connectivity index (χ4v) is 4.56. The number of carbonyl (C=O) groups excluding carboxylic acids is 1. The Morgan fingerprint density at radius 1 is 1.19 bits per heavy atom. The number of thioether (sulfide) groups is 1. The summed E-state index contributed by atoms with van der Waals surface area (Å²) in [6, 6.07) is 7.61. The topological polar surface area (TPSA) is 75.9 Å². The number of anilines is 1. The Hall–Kier alpha value is -2.61. The molecule has 0 aliphatic carbocycles. The summed E-state index contributed by atoms with van der Waals surface area (Å²) < 4.78 is 1.88. The maximum atomic E-state index is 12.4. The van der Waals surface area contributed by atoms with Gasteiger partial charge in [-0.05, 0) is 38.3 Å². The Labute approximate surface area is 187 Å². The third-order valence-electron chi connectivity index (χ3n) is 5.34. The van der Waals surface area contributed by atoms with E-state index in [9.17, 15) is 4.79 Å². The van der Waals surface area contributed by atoms with Crippen molar-refractivity contribution in [1.29, 1.82) is 0 Å². The lowest BCUT2D eigenvalue weighted by atomic mass is 10.1. The molecule has 7 nitrogen and oxygen atoms in total. The number of nitrogens with zero attached hydrogens (tertiary/aromatic N) is 5. The Morgan fingerprint density at radius 2 is 2.00 bits per heavy atom. The molecule has 2 aromatic heterocycles. The highest BCUT2D eigenvalue weighted by atomic mass is 32.2. The minimum atomic E-state index is -0.0696. The number of amides is 1. The van der Waals surface area contributed by atoms with Crippen LogP contribution in [-0.2, 0) is 6.54 Å². The van der Waals surface area contributed by atoms with Gasteiger partial charge in [0, 0.05) is 30.4 Å². The van der Waals surface area contributed by atoms with Gasteiger partial charge >= 0.3 is 0 Å². The van der Waals surface area contributed by atoms with Crippen LogP contribution in [0.3, 0.4) is 0 Å². The van der Waals surface area contributed by atoms with Crippen molar-refractivity contribution in [3.05, 3.63) is 41.6 Å². The van der Waals surface area contributed by atoms with Gasteiger partial charge < -0.3 is 10.2 Å². The second-order valence-corrected chi connectivity index (χ2v) is 9.82. The summed E-state index contributed by atoms with van der Waals surface area (Å²) in [5.74, 6) is 0.919. The molecular formula is C23H30N6OS. The molecule has 4 rings (SSSR count). The largest absolute Gasteiger partial charge is 0.356 e. The van der Waals surface area contributed by atoms with Gasteiger partial charge in [-0.25, -0.2) is 14.6 Å². The monoisotopic (exact) mass is 438 g/mol. The summed E-state index contributed by atoms with van der Waals surface area (Å²) >= 11 is 1.67. The molecule has 164 valence electrons. The number of fused-ring (bicyclic) bond motifs is 1. The Kier molecular flexibility index (Phi) is 6.75. The van der Waals surface area contributed by atoms with Crippen molar-refractivity contribution < 1.29 is 4.79 Å². The summed E-state index contributed by atoms with van der Waals surface area (Å²) in [5, 5.41) is 9.75. The van der Waals surface area contributed by atoms with E-state index in [1.54, 1.807) is 11.8 Å². The molecule has 1 aromatic carbocycles. The summed E-state index contributed by atoms with van der Waals surface area (Å²) in [6.07, 6.45) is 5.53. The normalized spacial score (nSPS) is 14.4. The molecule has 1 fully saturated rings. The number of carbonyl (C=O) groups is 1. The van der Waals surface area contributed by atoms with Crippen LogP contribution in [0.1, 0.15) is 49.0 Å². The molecule has 0 bridgehead atoms. The maximum absolute atomic E-state index is 12.4. The Morgan fingerprint density at radius 3 is 2.74 bits per heavy atom. The van der Waals surface area contributed by atoms with Gasteiger partial charge in [-0.2, -0.15) is 5.10 Å². The van der Waals surface area contributed by atoms with Gasteiger partial charge in [0.25, 0.3) is 5.91 Å². The molecule has 0 unspecified atom stereocenters. The van der Waals surface area contributed by atoms with Gasteiger partial charge in [0.1, 0.15) is 5.82 Å². The van der Waals surface area contributed by atoms with Crippen LogP contribution in [0.2, 0.25) is 0 Å². The van der Waals surface area contributed by atoms with Crippen LogP contribution in [0.4, 0.5) is 5.82 Å². The number of benzene rings is 1. The summed E-state index contributed by atoms with van der Waals surface area (Å²) in [5.41, 5.74) is 2.59. The molecule has 1 aliphatic rings. The van der Waals surface area contributed by atoms with Crippen molar-refractivity contribution in [2.24, 2.45) is 0 Å². The van der Waals surface area contributed by atoms with E-state index < -0.39 is 0 Å². The first kappa shape index (κ1) is 21.6. The molecular weight excluding hydrogens is 408 g/mol. The smallest absolute Gasteiger partial charge is 0.251 e. The average molecular weight is 439 g/mol. The first-order valence-corrected chi connectivity index (χ1v) is 11.9. The van der Waals surface area contributed by atoms with Gasteiger partial charge in [0.2, 0.25) is 0 Å². The number of nitrogens with one attached hydrogen (secondary N) is 1. The van der Waals surface area contributed by atoms with Gasteiger partial charge in [-0.15, -0.1) is 0 Å². The second kappa shape index (κ2) is 9.68. The highest BCUT2D eigenvalue weighted by molar-refractivity contribution is 7.99. The zero-order chi connectivity index (χ0) is 21.8. The molecule has 3 heterocycles. The highest BCUT2D eigenvalue weighted by Gasteiger charge is 2.20. The Bertz CT molecular complexity index is 1060. The molecule has 0 spiro atoms. The predicted octanol–water partition coefficient (Wildman–Crippen LogP) is 4.06. The maximum Gasteiger partial charge on any atom is 0.251 e. The number of piperidine rings is 1. The minimum absolute atomic E-state index is 0.0696. The van der Waals surface area contributed by atoms with Crippen LogP contribution >= 0.6 is 11.8 Å². The third kappa shape index (κ3) is 5.18. The lowest BCUT2D eigenvalue weighted by molar-refractivity contribution is 0.0952. The fourth-order valence-electron chi connectivity index (χ4n) is 3.86. The van der Waals surface area contributed by atoms with E-state index in [-0.39, 0.29) is 5.91 Å². The van der Waals surface area contributed by atoms with Crippen LogP contribution < -0.4 is 10.2 Å². The van der Waals surface area contributed by atoms with E-state index in [1.165, 1.54) is 19.3 Å². The van der Waals surface area contributed by atoms with Gasteiger partial charge in [0.15, 0.2) is 10.8 Å². The average Bonchev–Trinajstić information content (AvgIpc) is 3.16. The predicted molar refractivity (Wildman–Crippen MR) is 126 cm³/mol. The molecule has 1 amide bonds. The van der Waals surface area contributed by atoms with Gasteiger partial charge in [0.05, 0.1) is 18.1 Å². The van der Waals surface area contributed by atoms with E-state index in [4.69, 9.17) is 9.97 Å². The fraction of sp³-hybridized carbons (Fsp3) is 0.478. The van der Waals surface area contributed by atoms with Crippen molar-refractivity contribution >= 4 is 34.5 Å². The van der Waals surface area contributed by atoms with Crippen LogP contribution in [0, 0.1) is 6.92 Å². The van der Waals surface area contributed by atoms with Crippen molar-refractivity contribution in [3.63, 3.8) is 0 Å². The van der Waals surface area contributed by atoms with Crippen molar-refractivity contribution in [1.82, 2.24) is 25.1 Å². The second-order valence-electron chi connectivity index (χ2n) is 8.27. The zero-order valence-corrected chi connectivity index (χ0v) is 19.3. The first-order chi connectivity index (χ1) is 15.0. The number of rotatable bonds is 7. The molecule has 0 atom stereocenters. The summed E-state index contributed by atoms with van der Waals surface area (Å²) in [7, 11) is 0. The number of aryl methyl sites for hydroxylation is 1. The minimum Gasteiger partial charge on any atom is -0.356 e. The summed E-state index contributed by atoms with van der Waals surface area (Å²) in [6.45, 7) is 9.38. The molecule has 0 radical (unpaired) electrons. The van der Waals surface area contributed by atoms with Gasteiger partial charge in [-0.1, -0.05) is 43.3 Å². The van der Waals surface area contributed by atoms with E-state index >= 15 is 0 Å². The van der Waals surface area contributed by atoms with E-state index in [0.717, 1.165) is 40.7 Å². The first-order valence-electron chi connectivity index (χ1n) is 11.0.